The van der Waals surface area contributed by atoms with Crippen LogP contribution in [0.5, 0.6) is 0 Å². The van der Waals surface area contributed by atoms with Gasteiger partial charge in [-0.1, -0.05) is 62.0 Å². The molecular weight excluding hydrogens is 374 g/mol. The summed E-state index contributed by atoms with van der Waals surface area (Å²) in [6, 6.07) is 10.1. The predicted octanol–water partition coefficient (Wildman–Crippen LogP) is 4.29. The van der Waals surface area contributed by atoms with Gasteiger partial charge >= 0.3 is 0 Å². The molecule has 0 fully saturated rings. The van der Waals surface area contributed by atoms with Crippen LogP contribution in [0.1, 0.15) is 39.0 Å². The molecule has 0 aliphatic heterocycles. The van der Waals surface area contributed by atoms with Gasteiger partial charge in [-0.2, -0.15) is 0 Å². The van der Waals surface area contributed by atoms with Crippen molar-refractivity contribution in [2.75, 3.05) is 11.1 Å². The van der Waals surface area contributed by atoms with Crippen LogP contribution in [0.2, 0.25) is 0 Å². The topological polar surface area (TPSA) is 85.8 Å². The molecule has 1 N–H and O–H groups in total. The maximum atomic E-state index is 12.1. The second-order valence-electron chi connectivity index (χ2n) is 7.55. The van der Waals surface area contributed by atoms with Crippen LogP contribution in [0.3, 0.4) is 0 Å². The molecule has 0 saturated carbocycles. The van der Waals surface area contributed by atoms with E-state index in [-0.39, 0.29) is 17.1 Å². The Labute approximate surface area is 168 Å². The van der Waals surface area contributed by atoms with E-state index in [1.54, 1.807) is 13.0 Å². The number of benzene rings is 1. The van der Waals surface area contributed by atoms with E-state index in [2.05, 4.69) is 65.7 Å². The number of nitrogens with one attached hydrogen (secondary N) is 1. The Morgan fingerprint density at radius 1 is 1.21 bits per heavy atom. The molecule has 0 aliphatic rings. The van der Waals surface area contributed by atoms with E-state index in [9.17, 15) is 4.79 Å². The Morgan fingerprint density at radius 3 is 2.50 bits per heavy atom. The van der Waals surface area contributed by atoms with Crippen molar-refractivity contribution in [3.8, 4) is 11.4 Å². The van der Waals surface area contributed by atoms with Gasteiger partial charge in [-0.25, -0.2) is 0 Å². The lowest BCUT2D eigenvalue weighted by atomic mass is 9.87. The quantitative estimate of drug-likeness (QED) is 0.622. The highest BCUT2D eigenvalue weighted by molar-refractivity contribution is 7.99. The molecule has 3 rings (SSSR count). The fraction of sp³-hybridized carbons (Fsp3) is 0.400. The summed E-state index contributed by atoms with van der Waals surface area (Å²) in [4.78, 5) is 12.1. The van der Waals surface area contributed by atoms with Crippen LogP contribution >= 0.6 is 11.8 Å². The van der Waals surface area contributed by atoms with Crippen molar-refractivity contribution >= 4 is 23.6 Å². The van der Waals surface area contributed by atoms with E-state index in [0.717, 1.165) is 17.1 Å². The number of carbonyl (C=O) groups excluding carboxylic acids is 1. The molecule has 8 heteroatoms. The molecule has 0 saturated heterocycles. The fourth-order valence-electron chi connectivity index (χ4n) is 2.74. The van der Waals surface area contributed by atoms with Crippen LogP contribution in [-0.2, 0) is 16.8 Å². The number of anilines is 1. The van der Waals surface area contributed by atoms with Crippen LogP contribution in [-0.4, -0.2) is 31.6 Å². The molecule has 0 unspecified atom stereocenters. The van der Waals surface area contributed by atoms with Crippen molar-refractivity contribution in [2.45, 2.75) is 51.7 Å². The minimum atomic E-state index is -0.178. The summed E-state index contributed by atoms with van der Waals surface area (Å²) in [5.74, 6) is 1.18. The molecule has 0 atom stereocenters. The number of amides is 1. The lowest BCUT2D eigenvalue weighted by Crippen LogP contribution is -2.14. The summed E-state index contributed by atoms with van der Waals surface area (Å²) in [5, 5.41) is 15.8. The number of nitrogens with zero attached hydrogens (tertiary/aromatic N) is 4. The van der Waals surface area contributed by atoms with Gasteiger partial charge in [0.1, 0.15) is 0 Å². The van der Waals surface area contributed by atoms with Crippen LogP contribution in [0, 0.1) is 6.92 Å². The first-order chi connectivity index (χ1) is 13.3. The van der Waals surface area contributed by atoms with Gasteiger partial charge in [-0.15, -0.1) is 10.2 Å². The molecule has 2 aromatic heterocycles. The first-order valence-electron chi connectivity index (χ1n) is 9.18. The molecule has 1 amide bonds. The van der Waals surface area contributed by atoms with Gasteiger partial charge in [0, 0.05) is 18.2 Å². The Balaban J connectivity index is 1.70. The van der Waals surface area contributed by atoms with Crippen LogP contribution in [0.15, 0.2) is 40.0 Å². The van der Waals surface area contributed by atoms with Gasteiger partial charge in [0.05, 0.1) is 11.4 Å². The Hall–Kier alpha value is -2.61. The number of carbonyl (C=O) groups is 1. The average molecular weight is 400 g/mol. The Morgan fingerprint density at radius 2 is 1.93 bits per heavy atom. The second-order valence-corrected chi connectivity index (χ2v) is 8.49. The lowest BCUT2D eigenvalue weighted by Gasteiger charge is -2.19. The van der Waals surface area contributed by atoms with Gasteiger partial charge in [0.15, 0.2) is 11.0 Å². The normalized spacial score (nSPS) is 11.6. The van der Waals surface area contributed by atoms with Crippen molar-refractivity contribution in [3.63, 3.8) is 0 Å². The van der Waals surface area contributed by atoms with Crippen molar-refractivity contribution in [1.82, 2.24) is 19.9 Å². The smallest absolute Gasteiger partial charge is 0.237 e. The summed E-state index contributed by atoms with van der Waals surface area (Å²) < 4.78 is 7.02. The highest BCUT2D eigenvalue weighted by Gasteiger charge is 2.17. The minimum Gasteiger partial charge on any atom is -0.338 e. The highest BCUT2D eigenvalue weighted by Crippen LogP contribution is 2.27. The molecule has 0 radical (unpaired) electrons. The van der Waals surface area contributed by atoms with E-state index in [1.807, 2.05) is 11.5 Å². The SMILES string of the molecule is CCn1c(SCC(=O)Nc2cc(C)no2)nnc1-c1ccc(C(C)(C)C)cc1. The van der Waals surface area contributed by atoms with Crippen molar-refractivity contribution in [1.29, 1.82) is 0 Å². The fourth-order valence-corrected chi connectivity index (χ4v) is 3.54. The van der Waals surface area contributed by atoms with Gasteiger partial charge in [0.2, 0.25) is 11.8 Å². The van der Waals surface area contributed by atoms with E-state index in [4.69, 9.17) is 4.52 Å². The Kier molecular flexibility index (Phi) is 5.88. The zero-order chi connectivity index (χ0) is 20.3. The van der Waals surface area contributed by atoms with E-state index < -0.39 is 0 Å². The lowest BCUT2D eigenvalue weighted by molar-refractivity contribution is -0.113. The molecule has 148 valence electrons. The average Bonchev–Trinajstić information content (AvgIpc) is 3.25. The summed E-state index contributed by atoms with van der Waals surface area (Å²) in [7, 11) is 0. The third kappa shape index (κ3) is 4.62. The van der Waals surface area contributed by atoms with Gasteiger partial charge < -0.3 is 9.09 Å². The number of aryl methyl sites for hydroxylation is 1. The van der Waals surface area contributed by atoms with Crippen LogP contribution in [0.25, 0.3) is 11.4 Å². The molecule has 3 aromatic rings. The van der Waals surface area contributed by atoms with Crippen LogP contribution < -0.4 is 5.32 Å². The molecule has 28 heavy (non-hydrogen) atoms. The predicted molar refractivity (Wildman–Crippen MR) is 110 cm³/mol. The summed E-state index contributed by atoms with van der Waals surface area (Å²) >= 11 is 1.34. The third-order valence-electron chi connectivity index (χ3n) is 4.27. The number of hydrogen-bond donors (Lipinski definition) is 1. The largest absolute Gasteiger partial charge is 0.338 e. The first kappa shape index (κ1) is 20.1. The molecular formula is C20H25N5O2S. The highest BCUT2D eigenvalue weighted by atomic mass is 32.2. The zero-order valence-electron chi connectivity index (χ0n) is 16.8. The number of hydrogen-bond acceptors (Lipinski definition) is 6. The van der Waals surface area contributed by atoms with E-state index in [1.165, 1.54) is 17.3 Å². The third-order valence-corrected chi connectivity index (χ3v) is 5.23. The van der Waals surface area contributed by atoms with Gasteiger partial charge in [-0.05, 0) is 24.8 Å². The molecule has 0 aliphatic carbocycles. The second kappa shape index (κ2) is 8.18. The summed E-state index contributed by atoms with van der Waals surface area (Å²) in [6.07, 6.45) is 0. The molecule has 1 aromatic carbocycles. The maximum absolute atomic E-state index is 12.1. The summed E-state index contributed by atoms with van der Waals surface area (Å²) in [6.45, 7) is 11.1. The zero-order valence-corrected chi connectivity index (χ0v) is 17.6. The van der Waals surface area contributed by atoms with E-state index in [0.29, 0.717) is 17.6 Å². The summed E-state index contributed by atoms with van der Waals surface area (Å²) in [5.41, 5.74) is 3.10. The van der Waals surface area contributed by atoms with Crippen molar-refractivity contribution in [2.24, 2.45) is 0 Å². The Bertz CT molecular complexity index is 954. The molecule has 0 bridgehead atoms. The van der Waals surface area contributed by atoms with Gasteiger partial charge in [0.25, 0.3) is 0 Å². The van der Waals surface area contributed by atoms with Crippen LogP contribution in [0.4, 0.5) is 5.88 Å². The maximum Gasteiger partial charge on any atom is 0.237 e. The van der Waals surface area contributed by atoms with Crippen molar-refractivity contribution < 1.29 is 9.32 Å². The standard InChI is InChI=1S/C20H25N5O2S/c1-6-25-18(14-7-9-15(10-8-14)20(3,4)5)22-23-19(25)28-12-16(26)21-17-11-13(2)24-27-17/h7-11H,6,12H2,1-5H3,(H,21,26). The van der Waals surface area contributed by atoms with Gasteiger partial charge in [-0.3, -0.25) is 10.1 Å². The van der Waals surface area contributed by atoms with Crippen molar-refractivity contribution in [3.05, 3.63) is 41.6 Å². The molecule has 0 spiro atoms. The monoisotopic (exact) mass is 399 g/mol. The number of rotatable bonds is 6. The molecule has 2 heterocycles. The first-order valence-corrected chi connectivity index (χ1v) is 10.2. The number of thioether (sulfide) groups is 1. The number of aromatic nitrogens is 4. The minimum absolute atomic E-state index is 0.105. The van der Waals surface area contributed by atoms with E-state index >= 15 is 0 Å². The molecule has 7 nitrogen and oxygen atoms in total.